The fourth-order valence-corrected chi connectivity index (χ4v) is 2.03. The predicted octanol–water partition coefficient (Wildman–Crippen LogP) is 2.77. The van der Waals surface area contributed by atoms with E-state index in [0.29, 0.717) is 6.07 Å². The summed E-state index contributed by atoms with van der Waals surface area (Å²) < 4.78 is 17.8. The molecule has 0 aromatic heterocycles. The van der Waals surface area contributed by atoms with Crippen LogP contribution in [0.1, 0.15) is 10.4 Å². The summed E-state index contributed by atoms with van der Waals surface area (Å²) in [4.78, 5) is 33.7. The van der Waals surface area contributed by atoms with E-state index in [0.717, 1.165) is 12.1 Å². The van der Waals surface area contributed by atoms with Gasteiger partial charge in [-0.25, -0.2) is 9.18 Å². The van der Waals surface area contributed by atoms with Gasteiger partial charge in [0, 0.05) is 10.7 Å². The van der Waals surface area contributed by atoms with Crippen LogP contribution in [-0.4, -0.2) is 23.4 Å². The number of benzene rings is 2. The first kappa shape index (κ1) is 18.1. The lowest BCUT2D eigenvalue weighted by Gasteiger charge is -2.08. The third kappa shape index (κ3) is 4.64. The summed E-state index contributed by atoms with van der Waals surface area (Å²) in [5, 5.41) is 13.3. The molecule has 0 aliphatic carbocycles. The molecule has 0 saturated carbocycles. The van der Waals surface area contributed by atoms with Crippen LogP contribution in [0.5, 0.6) is 0 Å². The van der Waals surface area contributed by atoms with E-state index in [2.05, 4.69) is 5.32 Å². The summed E-state index contributed by atoms with van der Waals surface area (Å²) in [5.41, 5.74) is 4.86. The minimum atomic E-state index is -0.885. The van der Waals surface area contributed by atoms with Gasteiger partial charge in [-0.1, -0.05) is 11.6 Å². The molecule has 0 fully saturated rings. The molecule has 10 heteroatoms. The van der Waals surface area contributed by atoms with Crippen molar-refractivity contribution in [2.24, 2.45) is 0 Å². The number of nitro groups is 1. The minimum Gasteiger partial charge on any atom is -0.452 e. The molecule has 0 atom stereocenters. The number of nitrogens with zero attached hydrogens (tertiary/aromatic N) is 1. The number of carbonyl (C=O) groups excluding carboxylic acids is 2. The van der Waals surface area contributed by atoms with Crippen molar-refractivity contribution < 1.29 is 23.6 Å². The molecule has 130 valence electrons. The van der Waals surface area contributed by atoms with Crippen LogP contribution in [0.4, 0.5) is 21.5 Å². The normalized spacial score (nSPS) is 10.2. The molecule has 0 radical (unpaired) electrons. The maximum atomic E-state index is 13.0. The zero-order valence-corrected chi connectivity index (χ0v) is 13.2. The van der Waals surface area contributed by atoms with Gasteiger partial charge in [-0.2, -0.15) is 0 Å². The molecular weight excluding hydrogens is 357 g/mol. The summed E-state index contributed by atoms with van der Waals surface area (Å²) in [6.07, 6.45) is 0. The number of halogens is 2. The first-order valence-corrected chi connectivity index (χ1v) is 7.11. The second-order valence-electron chi connectivity index (χ2n) is 4.77. The molecule has 3 N–H and O–H groups in total. The van der Waals surface area contributed by atoms with Crippen molar-refractivity contribution in [2.45, 2.75) is 0 Å². The summed E-state index contributed by atoms with van der Waals surface area (Å²) in [6.45, 7) is -0.723. The Bertz CT molecular complexity index is 859. The first-order valence-electron chi connectivity index (χ1n) is 6.74. The number of rotatable bonds is 5. The van der Waals surface area contributed by atoms with Crippen molar-refractivity contribution >= 4 is 40.5 Å². The highest BCUT2D eigenvalue weighted by molar-refractivity contribution is 6.31. The fraction of sp³-hybridized carbons (Fsp3) is 0.0667. The Hall–Kier alpha value is -3.20. The standard InChI is InChI=1S/C15H11ClFN3O5/c16-8-1-3-11(18)10(5-8)15(22)25-7-14(21)19-12-4-2-9(17)6-13(12)20(23)24/h1-6H,7,18H2,(H,19,21). The average molecular weight is 368 g/mol. The Morgan fingerprint density at radius 2 is 2.00 bits per heavy atom. The molecule has 8 nitrogen and oxygen atoms in total. The van der Waals surface area contributed by atoms with Crippen LogP contribution in [0, 0.1) is 15.9 Å². The van der Waals surface area contributed by atoms with Crippen molar-refractivity contribution in [1.29, 1.82) is 0 Å². The minimum absolute atomic E-state index is 0.0203. The van der Waals surface area contributed by atoms with E-state index >= 15 is 0 Å². The van der Waals surface area contributed by atoms with Gasteiger partial charge < -0.3 is 15.8 Å². The van der Waals surface area contributed by atoms with Gasteiger partial charge in [-0.15, -0.1) is 0 Å². The highest BCUT2D eigenvalue weighted by atomic mass is 35.5. The lowest BCUT2D eigenvalue weighted by molar-refractivity contribution is -0.384. The Morgan fingerprint density at radius 1 is 1.28 bits per heavy atom. The molecule has 0 aliphatic rings. The maximum absolute atomic E-state index is 13.0. The van der Waals surface area contributed by atoms with Gasteiger partial charge in [0.2, 0.25) is 0 Å². The Labute approximate surface area is 145 Å². The fourth-order valence-electron chi connectivity index (χ4n) is 1.86. The zero-order chi connectivity index (χ0) is 18.6. The summed E-state index contributed by atoms with van der Waals surface area (Å²) in [7, 11) is 0. The van der Waals surface area contributed by atoms with E-state index < -0.39 is 34.9 Å². The van der Waals surface area contributed by atoms with Crippen molar-refractivity contribution in [1.82, 2.24) is 0 Å². The summed E-state index contributed by atoms with van der Waals surface area (Å²) in [6, 6.07) is 6.80. The number of amides is 1. The Kier molecular flexibility index (Phi) is 5.50. The number of anilines is 2. The van der Waals surface area contributed by atoms with Crippen LogP contribution in [0.2, 0.25) is 5.02 Å². The van der Waals surface area contributed by atoms with E-state index in [1.54, 1.807) is 0 Å². The van der Waals surface area contributed by atoms with E-state index in [1.807, 2.05) is 0 Å². The molecule has 0 spiro atoms. The summed E-state index contributed by atoms with van der Waals surface area (Å²) in [5.74, 6) is -2.56. The van der Waals surface area contributed by atoms with Crippen LogP contribution in [-0.2, 0) is 9.53 Å². The molecule has 2 aromatic carbocycles. The zero-order valence-electron chi connectivity index (χ0n) is 12.5. The molecule has 0 unspecified atom stereocenters. The Morgan fingerprint density at radius 3 is 2.68 bits per heavy atom. The molecule has 0 bridgehead atoms. The van der Waals surface area contributed by atoms with Crippen LogP contribution < -0.4 is 11.1 Å². The van der Waals surface area contributed by atoms with Gasteiger partial charge in [0.15, 0.2) is 6.61 Å². The maximum Gasteiger partial charge on any atom is 0.340 e. The molecule has 25 heavy (non-hydrogen) atoms. The number of nitrogen functional groups attached to an aromatic ring is 1. The largest absolute Gasteiger partial charge is 0.452 e. The molecule has 0 aliphatic heterocycles. The molecule has 0 heterocycles. The molecule has 0 saturated heterocycles. The van der Waals surface area contributed by atoms with Crippen molar-refractivity contribution in [3.05, 3.63) is 62.9 Å². The number of hydrogen-bond donors (Lipinski definition) is 2. The predicted molar refractivity (Wildman–Crippen MR) is 87.8 cm³/mol. The molecular formula is C15H11ClFN3O5. The highest BCUT2D eigenvalue weighted by Gasteiger charge is 2.18. The number of ether oxygens (including phenoxy) is 1. The second kappa shape index (κ2) is 7.58. The smallest absolute Gasteiger partial charge is 0.340 e. The number of hydrogen-bond acceptors (Lipinski definition) is 6. The first-order chi connectivity index (χ1) is 11.8. The van der Waals surface area contributed by atoms with Gasteiger partial charge >= 0.3 is 5.97 Å². The monoisotopic (exact) mass is 367 g/mol. The number of nitro benzene ring substituents is 1. The van der Waals surface area contributed by atoms with Gasteiger partial charge in [-0.3, -0.25) is 14.9 Å². The van der Waals surface area contributed by atoms with Gasteiger partial charge in [-0.05, 0) is 30.3 Å². The summed E-state index contributed by atoms with van der Waals surface area (Å²) >= 11 is 5.75. The van der Waals surface area contributed by atoms with Gasteiger partial charge in [0.05, 0.1) is 16.6 Å². The van der Waals surface area contributed by atoms with Gasteiger partial charge in [0.1, 0.15) is 11.5 Å². The lowest BCUT2D eigenvalue weighted by Crippen LogP contribution is -2.21. The molecule has 2 rings (SSSR count). The third-order valence-electron chi connectivity index (χ3n) is 3.00. The molecule has 2 aromatic rings. The number of esters is 1. The lowest BCUT2D eigenvalue weighted by atomic mass is 10.2. The van der Waals surface area contributed by atoms with E-state index in [9.17, 15) is 24.1 Å². The third-order valence-corrected chi connectivity index (χ3v) is 3.24. The van der Waals surface area contributed by atoms with Gasteiger partial charge in [0.25, 0.3) is 11.6 Å². The van der Waals surface area contributed by atoms with E-state index in [1.165, 1.54) is 18.2 Å². The number of carbonyl (C=O) groups is 2. The second-order valence-corrected chi connectivity index (χ2v) is 5.21. The quantitative estimate of drug-likeness (QED) is 0.362. The van der Waals surface area contributed by atoms with Crippen LogP contribution >= 0.6 is 11.6 Å². The molecule has 1 amide bonds. The van der Waals surface area contributed by atoms with Crippen molar-refractivity contribution in [3.8, 4) is 0 Å². The highest BCUT2D eigenvalue weighted by Crippen LogP contribution is 2.25. The SMILES string of the molecule is Nc1ccc(Cl)cc1C(=O)OCC(=O)Nc1ccc(F)cc1[N+](=O)[O-]. The van der Waals surface area contributed by atoms with Crippen LogP contribution in [0.3, 0.4) is 0 Å². The van der Waals surface area contributed by atoms with E-state index in [4.69, 9.17) is 22.1 Å². The van der Waals surface area contributed by atoms with Crippen LogP contribution in [0.15, 0.2) is 36.4 Å². The van der Waals surface area contributed by atoms with Crippen molar-refractivity contribution in [3.63, 3.8) is 0 Å². The Balaban J connectivity index is 2.03. The van der Waals surface area contributed by atoms with Crippen molar-refractivity contribution in [2.75, 3.05) is 17.7 Å². The number of nitrogens with two attached hydrogens (primary N) is 1. The number of nitrogens with one attached hydrogen (secondary N) is 1. The van der Waals surface area contributed by atoms with E-state index in [-0.39, 0.29) is 22.0 Å². The average Bonchev–Trinajstić information content (AvgIpc) is 2.56. The van der Waals surface area contributed by atoms with Crippen LogP contribution in [0.25, 0.3) is 0 Å². The topological polar surface area (TPSA) is 125 Å².